The second-order valence-electron chi connectivity index (χ2n) is 5.56. The molecule has 110 valence electrons. The van der Waals surface area contributed by atoms with Gasteiger partial charge in [-0.15, -0.1) is 0 Å². The molecular formula is C17H18Cl2N2. The monoisotopic (exact) mass is 320 g/mol. The van der Waals surface area contributed by atoms with Crippen LogP contribution in [0.1, 0.15) is 47.9 Å². The standard InChI is InChI=1S/C17H18Cl2N2/c18-14-7-8-15(16(19)10-14)17(21-20)13-6-2-5-12(9-13)11-3-1-4-11/h2,5-11,17,21H,1,3-4,20H2. The molecule has 1 unspecified atom stereocenters. The summed E-state index contributed by atoms with van der Waals surface area (Å²) in [5.41, 5.74) is 6.33. The second-order valence-corrected chi connectivity index (χ2v) is 6.41. The molecule has 0 heterocycles. The summed E-state index contributed by atoms with van der Waals surface area (Å²) in [7, 11) is 0. The number of hydrogen-bond donors (Lipinski definition) is 2. The molecule has 1 aliphatic carbocycles. The summed E-state index contributed by atoms with van der Waals surface area (Å²) in [6.07, 6.45) is 3.90. The van der Waals surface area contributed by atoms with E-state index in [4.69, 9.17) is 29.0 Å². The third-order valence-corrected chi connectivity index (χ3v) is 4.82. The van der Waals surface area contributed by atoms with Gasteiger partial charge in [0, 0.05) is 10.0 Å². The maximum atomic E-state index is 6.31. The summed E-state index contributed by atoms with van der Waals surface area (Å²) < 4.78 is 0. The molecule has 1 atom stereocenters. The summed E-state index contributed by atoms with van der Waals surface area (Å²) in [5, 5.41) is 1.25. The van der Waals surface area contributed by atoms with Gasteiger partial charge in [0.2, 0.25) is 0 Å². The van der Waals surface area contributed by atoms with E-state index >= 15 is 0 Å². The molecule has 21 heavy (non-hydrogen) atoms. The van der Waals surface area contributed by atoms with Crippen LogP contribution in [0.3, 0.4) is 0 Å². The Labute approximate surface area is 135 Å². The van der Waals surface area contributed by atoms with Crippen LogP contribution < -0.4 is 11.3 Å². The normalized spacial score (nSPS) is 16.5. The van der Waals surface area contributed by atoms with Gasteiger partial charge in [-0.25, -0.2) is 5.43 Å². The first-order valence-electron chi connectivity index (χ1n) is 7.20. The first-order valence-corrected chi connectivity index (χ1v) is 7.95. The average Bonchev–Trinajstić information content (AvgIpc) is 2.40. The second kappa shape index (κ2) is 6.37. The van der Waals surface area contributed by atoms with Gasteiger partial charge in [-0.3, -0.25) is 5.84 Å². The van der Waals surface area contributed by atoms with Crippen molar-refractivity contribution in [2.75, 3.05) is 0 Å². The van der Waals surface area contributed by atoms with Crippen molar-refractivity contribution >= 4 is 23.2 Å². The predicted molar refractivity (Wildman–Crippen MR) is 88.7 cm³/mol. The van der Waals surface area contributed by atoms with Gasteiger partial charge in [0.1, 0.15) is 0 Å². The van der Waals surface area contributed by atoms with Gasteiger partial charge in [0.15, 0.2) is 0 Å². The SMILES string of the molecule is NNC(c1cccc(C2CCC2)c1)c1ccc(Cl)cc1Cl. The van der Waals surface area contributed by atoms with E-state index in [9.17, 15) is 0 Å². The molecule has 2 aromatic rings. The minimum Gasteiger partial charge on any atom is -0.271 e. The van der Waals surface area contributed by atoms with Crippen LogP contribution in [0.25, 0.3) is 0 Å². The van der Waals surface area contributed by atoms with Crippen molar-refractivity contribution in [3.05, 3.63) is 69.2 Å². The average molecular weight is 321 g/mol. The first kappa shape index (κ1) is 14.9. The van der Waals surface area contributed by atoms with Crippen LogP contribution in [-0.4, -0.2) is 0 Å². The van der Waals surface area contributed by atoms with Gasteiger partial charge in [0.25, 0.3) is 0 Å². The highest BCUT2D eigenvalue weighted by Gasteiger charge is 2.21. The lowest BCUT2D eigenvalue weighted by Gasteiger charge is -2.27. The lowest BCUT2D eigenvalue weighted by atomic mass is 9.79. The van der Waals surface area contributed by atoms with Gasteiger partial charge in [0.05, 0.1) is 6.04 Å². The largest absolute Gasteiger partial charge is 0.271 e. The molecule has 1 fully saturated rings. The number of benzene rings is 2. The molecule has 1 aliphatic rings. The van der Waals surface area contributed by atoms with Crippen molar-refractivity contribution in [1.29, 1.82) is 0 Å². The molecule has 0 radical (unpaired) electrons. The van der Waals surface area contributed by atoms with Crippen LogP contribution >= 0.6 is 23.2 Å². The lowest BCUT2D eigenvalue weighted by molar-refractivity contribution is 0.419. The number of halogens is 2. The molecule has 2 nitrogen and oxygen atoms in total. The molecule has 0 spiro atoms. The summed E-state index contributed by atoms with van der Waals surface area (Å²) in [4.78, 5) is 0. The number of nitrogens with two attached hydrogens (primary N) is 1. The Morgan fingerprint density at radius 3 is 2.52 bits per heavy atom. The molecular weight excluding hydrogens is 303 g/mol. The van der Waals surface area contributed by atoms with E-state index in [1.165, 1.54) is 24.8 Å². The summed E-state index contributed by atoms with van der Waals surface area (Å²) in [5.74, 6) is 6.47. The summed E-state index contributed by atoms with van der Waals surface area (Å²) in [6, 6.07) is 14.0. The fourth-order valence-electron chi connectivity index (χ4n) is 2.84. The highest BCUT2D eigenvalue weighted by atomic mass is 35.5. The number of hydrogen-bond acceptors (Lipinski definition) is 2. The zero-order valence-electron chi connectivity index (χ0n) is 11.7. The predicted octanol–water partition coefficient (Wildman–Crippen LogP) is 4.81. The van der Waals surface area contributed by atoms with Crippen molar-refractivity contribution in [2.24, 2.45) is 5.84 Å². The van der Waals surface area contributed by atoms with Gasteiger partial charge in [-0.2, -0.15) is 0 Å². The molecule has 3 N–H and O–H groups in total. The molecule has 0 aliphatic heterocycles. The lowest BCUT2D eigenvalue weighted by Crippen LogP contribution is -2.29. The molecule has 1 saturated carbocycles. The fraction of sp³-hybridized carbons (Fsp3) is 0.294. The summed E-state index contributed by atoms with van der Waals surface area (Å²) in [6.45, 7) is 0. The molecule has 4 heteroatoms. The van der Waals surface area contributed by atoms with Crippen LogP contribution in [0.2, 0.25) is 10.0 Å². The summed E-state index contributed by atoms with van der Waals surface area (Å²) >= 11 is 12.3. The highest BCUT2D eigenvalue weighted by molar-refractivity contribution is 6.35. The maximum absolute atomic E-state index is 6.31. The van der Waals surface area contributed by atoms with Gasteiger partial charge < -0.3 is 0 Å². The van der Waals surface area contributed by atoms with Gasteiger partial charge in [-0.1, -0.05) is 60.0 Å². The molecule has 2 aromatic carbocycles. The third-order valence-electron chi connectivity index (χ3n) is 4.26. The first-order chi connectivity index (χ1) is 10.2. The van der Waals surface area contributed by atoms with Crippen molar-refractivity contribution in [3.63, 3.8) is 0 Å². The van der Waals surface area contributed by atoms with Crippen molar-refractivity contribution in [3.8, 4) is 0 Å². The van der Waals surface area contributed by atoms with Gasteiger partial charge >= 0.3 is 0 Å². The quantitative estimate of drug-likeness (QED) is 0.626. The van der Waals surface area contributed by atoms with E-state index in [0.717, 1.165) is 11.1 Å². The molecule has 0 amide bonds. The Bertz CT molecular complexity index is 638. The Hall–Kier alpha value is -1.06. The Kier molecular flexibility index (Phi) is 4.51. The van der Waals surface area contributed by atoms with Crippen LogP contribution in [0, 0.1) is 0 Å². The zero-order chi connectivity index (χ0) is 14.8. The van der Waals surface area contributed by atoms with Crippen molar-refractivity contribution < 1.29 is 0 Å². The zero-order valence-corrected chi connectivity index (χ0v) is 13.2. The number of rotatable bonds is 4. The molecule has 0 bridgehead atoms. The minimum absolute atomic E-state index is 0.130. The molecule has 3 rings (SSSR count). The molecule has 0 saturated heterocycles. The van der Waals surface area contributed by atoms with E-state index < -0.39 is 0 Å². The topological polar surface area (TPSA) is 38.0 Å². The van der Waals surface area contributed by atoms with E-state index in [1.54, 1.807) is 6.07 Å². The highest BCUT2D eigenvalue weighted by Crippen LogP contribution is 2.38. The van der Waals surface area contributed by atoms with E-state index in [0.29, 0.717) is 16.0 Å². The van der Waals surface area contributed by atoms with Crippen LogP contribution in [0.5, 0.6) is 0 Å². The van der Waals surface area contributed by atoms with E-state index in [-0.39, 0.29) is 6.04 Å². The minimum atomic E-state index is -0.130. The Morgan fingerprint density at radius 2 is 1.90 bits per heavy atom. The fourth-order valence-corrected chi connectivity index (χ4v) is 3.35. The number of hydrazine groups is 1. The Balaban J connectivity index is 1.95. The smallest absolute Gasteiger partial charge is 0.0724 e. The van der Waals surface area contributed by atoms with Crippen LogP contribution in [0.15, 0.2) is 42.5 Å². The van der Waals surface area contributed by atoms with Crippen LogP contribution in [-0.2, 0) is 0 Å². The van der Waals surface area contributed by atoms with E-state index in [2.05, 4.69) is 29.7 Å². The van der Waals surface area contributed by atoms with Crippen LogP contribution in [0.4, 0.5) is 0 Å². The van der Waals surface area contributed by atoms with Gasteiger partial charge in [-0.05, 0) is 47.6 Å². The van der Waals surface area contributed by atoms with Crippen molar-refractivity contribution in [2.45, 2.75) is 31.2 Å². The maximum Gasteiger partial charge on any atom is 0.0724 e. The molecule has 0 aromatic heterocycles. The Morgan fingerprint density at radius 1 is 1.10 bits per heavy atom. The number of nitrogens with one attached hydrogen (secondary N) is 1. The van der Waals surface area contributed by atoms with Crippen molar-refractivity contribution in [1.82, 2.24) is 5.43 Å². The van der Waals surface area contributed by atoms with E-state index in [1.807, 2.05) is 12.1 Å². The third kappa shape index (κ3) is 3.09.